The van der Waals surface area contributed by atoms with Crippen LogP contribution in [0.15, 0.2) is 78.9 Å². The van der Waals surface area contributed by atoms with Crippen LogP contribution in [0.4, 0.5) is 10.2 Å². The predicted molar refractivity (Wildman–Crippen MR) is 159 cm³/mol. The highest BCUT2D eigenvalue weighted by molar-refractivity contribution is 6.30. The van der Waals surface area contributed by atoms with Crippen molar-refractivity contribution in [3.8, 4) is 5.69 Å². The predicted octanol–water partition coefficient (Wildman–Crippen LogP) is 5.79. The van der Waals surface area contributed by atoms with Gasteiger partial charge in [-0.3, -0.25) is 4.79 Å². The maximum atomic E-state index is 13.7. The van der Waals surface area contributed by atoms with E-state index in [0.29, 0.717) is 44.1 Å². The number of carbonyl (C=O) groups is 1. The van der Waals surface area contributed by atoms with Crippen LogP contribution in [0.3, 0.4) is 0 Å². The van der Waals surface area contributed by atoms with Crippen molar-refractivity contribution in [3.05, 3.63) is 113 Å². The van der Waals surface area contributed by atoms with Gasteiger partial charge in [0.2, 0.25) is 5.91 Å². The van der Waals surface area contributed by atoms with Gasteiger partial charge in [0, 0.05) is 32.6 Å². The summed E-state index contributed by atoms with van der Waals surface area (Å²) in [6.45, 7) is 6.25. The Morgan fingerprint density at radius 3 is 2.27 bits per heavy atom. The molecule has 7 nitrogen and oxygen atoms in total. The minimum atomic E-state index is -0.717. The van der Waals surface area contributed by atoms with Gasteiger partial charge in [0.1, 0.15) is 22.8 Å². The summed E-state index contributed by atoms with van der Waals surface area (Å²) < 4.78 is 15.5. The molecule has 41 heavy (non-hydrogen) atoms. The molecule has 0 aliphatic carbocycles. The van der Waals surface area contributed by atoms with Crippen LogP contribution in [0.25, 0.3) is 16.7 Å². The van der Waals surface area contributed by atoms with E-state index in [4.69, 9.17) is 26.7 Å². The fourth-order valence-electron chi connectivity index (χ4n) is 5.23. The first kappa shape index (κ1) is 26.9. The van der Waals surface area contributed by atoms with E-state index in [0.717, 1.165) is 33.7 Å². The molecule has 0 unspecified atom stereocenters. The molecule has 0 saturated carbocycles. The van der Waals surface area contributed by atoms with Gasteiger partial charge in [0.05, 0.1) is 16.8 Å². The van der Waals surface area contributed by atoms with Crippen molar-refractivity contribution < 1.29 is 9.18 Å². The molecule has 6 rings (SSSR count). The summed E-state index contributed by atoms with van der Waals surface area (Å²) in [5, 5.41) is 4.92. The van der Waals surface area contributed by atoms with Crippen LogP contribution in [0.2, 0.25) is 0 Å². The van der Waals surface area contributed by atoms with E-state index in [9.17, 15) is 9.18 Å². The van der Waals surface area contributed by atoms with E-state index in [2.05, 4.69) is 36.1 Å². The number of carbonyl (C=O) groups excluding carboxylic acids is 1. The van der Waals surface area contributed by atoms with Crippen molar-refractivity contribution in [1.82, 2.24) is 24.6 Å². The summed E-state index contributed by atoms with van der Waals surface area (Å²) in [6, 6.07) is 24.0. The number of nitrogens with zero attached hydrogens (tertiary/aromatic N) is 6. The number of rotatable bonds is 6. The molecular weight excluding hydrogens is 539 g/mol. The Bertz CT molecular complexity index is 1680. The third-order valence-corrected chi connectivity index (χ3v) is 7.92. The summed E-state index contributed by atoms with van der Waals surface area (Å²) in [6.07, 6.45) is 0.556. The summed E-state index contributed by atoms with van der Waals surface area (Å²) in [7, 11) is 0. The van der Waals surface area contributed by atoms with Crippen molar-refractivity contribution in [2.24, 2.45) is 0 Å². The Morgan fingerprint density at radius 2 is 1.59 bits per heavy atom. The molecule has 5 aromatic rings. The first-order valence-corrected chi connectivity index (χ1v) is 14.1. The second-order valence-electron chi connectivity index (χ2n) is 10.4. The third kappa shape index (κ3) is 5.52. The molecular formula is C32H30ClFN6O. The lowest BCUT2D eigenvalue weighted by molar-refractivity contribution is -0.131. The van der Waals surface area contributed by atoms with Crippen LogP contribution in [0.5, 0.6) is 0 Å². The topological polar surface area (TPSA) is 67.2 Å². The summed E-state index contributed by atoms with van der Waals surface area (Å²) in [5.74, 6) is 1.06. The molecule has 1 fully saturated rings. The summed E-state index contributed by atoms with van der Waals surface area (Å²) in [4.78, 5) is 27.2. The number of halogens is 2. The molecule has 2 aromatic heterocycles. The van der Waals surface area contributed by atoms with Gasteiger partial charge >= 0.3 is 0 Å². The van der Waals surface area contributed by atoms with Gasteiger partial charge in [0.15, 0.2) is 5.65 Å². The molecule has 3 aromatic carbocycles. The van der Waals surface area contributed by atoms with Gasteiger partial charge in [0.25, 0.3) is 0 Å². The number of aromatic nitrogens is 4. The fraction of sp³-hybridized carbons (Fsp3) is 0.250. The van der Waals surface area contributed by atoms with Crippen LogP contribution in [-0.4, -0.2) is 56.7 Å². The largest absolute Gasteiger partial charge is 0.352 e. The lowest BCUT2D eigenvalue weighted by atomic mass is 10.1. The first-order chi connectivity index (χ1) is 19.9. The van der Waals surface area contributed by atoms with Crippen LogP contribution in [-0.2, 0) is 11.2 Å². The molecule has 9 heteroatoms. The monoisotopic (exact) mass is 568 g/mol. The quantitative estimate of drug-likeness (QED) is 0.243. The number of aryl methyl sites for hydroxylation is 2. The zero-order valence-electron chi connectivity index (χ0n) is 23.0. The Labute approximate surface area is 243 Å². The zero-order valence-corrected chi connectivity index (χ0v) is 23.7. The number of amides is 1. The highest BCUT2D eigenvalue weighted by Crippen LogP contribution is 2.31. The molecule has 3 heterocycles. The average molecular weight is 569 g/mol. The van der Waals surface area contributed by atoms with Crippen LogP contribution < -0.4 is 4.90 Å². The van der Waals surface area contributed by atoms with Gasteiger partial charge in [-0.05, 0) is 49.2 Å². The minimum absolute atomic E-state index is 0.0919. The van der Waals surface area contributed by atoms with Crippen molar-refractivity contribution in [3.63, 3.8) is 0 Å². The number of hydrogen-bond acceptors (Lipinski definition) is 5. The molecule has 1 aliphatic heterocycles. The average Bonchev–Trinajstić information content (AvgIpc) is 3.34. The maximum absolute atomic E-state index is 13.7. The maximum Gasteiger partial charge on any atom is 0.245 e. The Morgan fingerprint density at radius 1 is 0.902 bits per heavy atom. The van der Waals surface area contributed by atoms with E-state index in [-0.39, 0.29) is 11.7 Å². The number of fused-ring (bicyclic) bond motifs is 1. The number of benzene rings is 3. The van der Waals surface area contributed by atoms with Crippen LogP contribution in [0, 0.1) is 19.7 Å². The number of anilines is 1. The minimum Gasteiger partial charge on any atom is -0.352 e. The second kappa shape index (κ2) is 11.3. The van der Waals surface area contributed by atoms with Crippen LogP contribution >= 0.6 is 11.6 Å². The van der Waals surface area contributed by atoms with E-state index >= 15 is 0 Å². The smallest absolute Gasteiger partial charge is 0.245 e. The lowest BCUT2D eigenvalue weighted by Gasteiger charge is -2.36. The second-order valence-corrected chi connectivity index (χ2v) is 10.8. The standard InChI is InChI=1S/C32H30ClFN6O/c1-21-8-10-23(11-9-21)20-27-35-30(28-22(2)37-40(31(28)36-27)26-14-12-25(34)13-15-26)38-16-18-39(19-17-38)32(41)29(33)24-6-4-3-5-7-24/h3-15,29H,16-20H2,1-2H3/t29-/m0/s1. The molecule has 1 atom stereocenters. The van der Waals surface area contributed by atoms with Gasteiger partial charge in [-0.1, -0.05) is 60.2 Å². The SMILES string of the molecule is Cc1ccc(Cc2nc(N3CCN(C(=O)[C@@H](Cl)c4ccccc4)CC3)c3c(C)nn(-c4ccc(F)cc4)c3n2)cc1. The molecule has 1 amide bonds. The molecule has 208 valence electrons. The van der Waals surface area contributed by atoms with E-state index < -0.39 is 5.38 Å². The molecule has 0 N–H and O–H groups in total. The molecule has 0 spiro atoms. The normalized spacial score (nSPS) is 14.4. The summed E-state index contributed by atoms with van der Waals surface area (Å²) >= 11 is 6.56. The van der Waals surface area contributed by atoms with E-state index in [1.807, 2.05) is 42.2 Å². The fourth-order valence-corrected chi connectivity index (χ4v) is 5.51. The van der Waals surface area contributed by atoms with Crippen molar-refractivity contribution in [2.45, 2.75) is 25.6 Å². The Kier molecular flexibility index (Phi) is 7.41. The number of alkyl halides is 1. The zero-order chi connectivity index (χ0) is 28.5. The highest BCUT2D eigenvalue weighted by Gasteiger charge is 2.29. The van der Waals surface area contributed by atoms with E-state index in [1.165, 1.54) is 17.7 Å². The van der Waals surface area contributed by atoms with Gasteiger partial charge in [-0.25, -0.2) is 19.0 Å². The van der Waals surface area contributed by atoms with Crippen LogP contribution in [0.1, 0.15) is 33.6 Å². The highest BCUT2D eigenvalue weighted by atomic mass is 35.5. The Hall–Kier alpha value is -4.30. The van der Waals surface area contributed by atoms with Crippen molar-refractivity contribution in [2.75, 3.05) is 31.1 Å². The molecule has 0 radical (unpaired) electrons. The molecule has 1 saturated heterocycles. The van der Waals surface area contributed by atoms with Crippen molar-refractivity contribution in [1.29, 1.82) is 0 Å². The first-order valence-electron chi connectivity index (χ1n) is 13.7. The van der Waals surface area contributed by atoms with Crippen molar-refractivity contribution >= 4 is 34.4 Å². The number of hydrogen-bond donors (Lipinski definition) is 0. The van der Waals surface area contributed by atoms with Gasteiger partial charge in [-0.15, -0.1) is 11.6 Å². The lowest BCUT2D eigenvalue weighted by Crippen LogP contribution is -2.50. The van der Waals surface area contributed by atoms with Gasteiger partial charge in [-0.2, -0.15) is 5.10 Å². The van der Waals surface area contributed by atoms with E-state index in [1.54, 1.807) is 16.8 Å². The Balaban J connectivity index is 1.33. The number of piperazine rings is 1. The molecule has 0 bridgehead atoms. The van der Waals surface area contributed by atoms with Gasteiger partial charge < -0.3 is 9.80 Å². The molecule has 1 aliphatic rings. The summed E-state index contributed by atoms with van der Waals surface area (Å²) in [5.41, 5.74) is 5.27. The third-order valence-electron chi connectivity index (χ3n) is 7.48.